The van der Waals surface area contributed by atoms with Crippen LogP contribution in [-0.4, -0.2) is 36.3 Å². The maximum atomic E-state index is 11.5. The summed E-state index contributed by atoms with van der Waals surface area (Å²) in [5.74, 6) is -0.0535. The fourth-order valence-corrected chi connectivity index (χ4v) is 1.78. The molecule has 1 amide bonds. The van der Waals surface area contributed by atoms with Gasteiger partial charge in [-0.15, -0.1) is 0 Å². The fourth-order valence-electron chi connectivity index (χ4n) is 1.39. The lowest BCUT2D eigenvalue weighted by atomic mass is 10.1. The molecule has 1 heterocycles. The minimum absolute atomic E-state index is 0.0535. The second-order valence-corrected chi connectivity index (χ2v) is 5.34. The van der Waals surface area contributed by atoms with Gasteiger partial charge in [0.05, 0.1) is 6.04 Å². The van der Waals surface area contributed by atoms with Gasteiger partial charge >= 0.3 is 6.09 Å². The number of ketones is 1. The van der Waals surface area contributed by atoms with Gasteiger partial charge in [0.25, 0.3) is 0 Å². The highest BCUT2D eigenvalue weighted by atomic mass is 32.2. The van der Waals surface area contributed by atoms with Crippen LogP contribution in [0.3, 0.4) is 0 Å². The number of carbonyl (C=O) groups is 2. The van der Waals surface area contributed by atoms with Crippen molar-refractivity contribution in [3.63, 3.8) is 0 Å². The molecule has 0 spiro atoms. The Hall–Kier alpha value is -0.750. The van der Waals surface area contributed by atoms with E-state index < -0.39 is 6.09 Å². The van der Waals surface area contributed by atoms with Gasteiger partial charge < -0.3 is 10.1 Å². The highest BCUT2D eigenvalue weighted by Gasteiger charge is 2.22. The second kappa shape index (κ2) is 6.75. The van der Waals surface area contributed by atoms with E-state index in [1.54, 1.807) is 0 Å². The van der Waals surface area contributed by atoms with Gasteiger partial charge in [0.1, 0.15) is 0 Å². The van der Waals surface area contributed by atoms with Crippen molar-refractivity contribution in [3.8, 4) is 0 Å². The molecule has 0 aromatic rings. The molecule has 1 saturated heterocycles. The van der Waals surface area contributed by atoms with Crippen LogP contribution in [0.1, 0.15) is 26.7 Å². The van der Waals surface area contributed by atoms with Gasteiger partial charge in [-0.05, 0) is 31.3 Å². The molecule has 0 radical (unpaired) electrons. The molecular weight excluding hydrogens is 228 g/mol. The summed E-state index contributed by atoms with van der Waals surface area (Å²) in [6.07, 6.45) is 1.29. The van der Waals surface area contributed by atoms with Crippen LogP contribution in [0, 0.1) is 0 Å². The van der Waals surface area contributed by atoms with Gasteiger partial charge in [-0.3, -0.25) is 9.52 Å². The Labute approximate surface area is 99.8 Å². The molecule has 92 valence electrons. The summed E-state index contributed by atoms with van der Waals surface area (Å²) in [5, 5.41) is 3.36. The van der Waals surface area contributed by atoms with Crippen molar-refractivity contribution in [2.45, 2.75) is 38.0 Å². The number of hydrogen-bond acceptors (Lipinski definition) is 5. The molecule has 0 aliphatic carbocycles. The third-order valence-electron chi connectivity index (χ3n) is 2.17. The quantitative estimate of drug-likeness (QED) is 0.711. The van der Waals surface area contributed by atoms with Crippen LogP contribution in [0.25, 0.3) is 0 Å². The first-order chi connectivity index (χ1) is 7.59. The fraction of sp³-hybridized carbons (Fsp3) is 0.800. The van der Waals surface area contributed by atoms with E-state index in [2.05, 4.69) is 10.0 Å². The summed E-state index contributed by atoms with van der Waals surface area (Å²) in [6, 6.07) is -0.134. The largest absolute Gasteiger partial charge is 0.441 e. The zero-order valence-corrected chi connectivity index (χ0v) is 10.4. The number of Topliss-reactive ketones (excluding diaryl/α,β-unsaturated/α-hetero) is 1. The van der Waals surface area contributed by atoms with Gasteiger partial charge in [-0.2, -0.15) is 0 Å². The van der Waals surface area contributed by atoms with E-state index in [1.165, 1.54) is 11.9 Å². The molecule has 0 unspecified atom stereocenters. The lowest BCUT2D eigenvalue weighted by Gasteiger charge is -2.10. The van der Waals surface area contributed by atoms with E-state index in [0.29, 0.717) is 5.25 Å². The van der Waals surface area contributed by atoms with Crippen LogP contribution < -0.4 is 10.0 Å². The number of hydrogen-bond donors (Lipinski definition) is 2. The molecule has 1 aliphatic rings. The van der Waals surface area contributed by atoms with Crippen LogP contribution in [0.4, 0.5) is 4.79 Å². The maximum absolute atomic E-state index is 11.5. The molecule has 6 heteroatoms. The Morgan fingerprint density at radius 3 is 2.88 bits per heavy atom. The minimum Gasteiger partial charge on any atom is -0.441 e. The lowest BCUT2D eigenvalue weighted by molar-refractivity contribution is -0.123. The normalized spacial score (nSPS) is 19.8. The van der Waals surface area contributed by atoms with E-state index >= 15 is 0 Å². The van der Waals surface area contributed by atoms with E-state index in [1.807, 2.05) is 13.8 Å². The van der Waals surface area contributed by atoms with Crippen molar-refractivity contribution in [2.24, 2.45) is 0 Å². The van der Waals surface area contributed by atoms with Crippen molar-refractivity contribution >= 4 is 23.8 Å². The standard InChI is InChI=1S/C10H18N2O3S/c1-7(2)16-12-10(14)15-6-9(13)8-4-3-5-11-8/h7-8,11H,3-6H2,1-2H3,(H,12,14)/t8-/m0/s1. The summed E-state index contributed by atoms with van der Waals surface area (Å²) in [7, 11) is 0. The van der Waals surface area contributed by atoms with Crippen LogP contribution >= 0.6 is 11.9 Å². The minimum atomic E-state index is -0.551. The summed E-state index contributed by atoms with van der Waals surface area (Å²) >= 11 is 1.27. The average molecular weight is 246 g/mol. The molecule has 1 atom stereocenters. The molecule has 1 rings (SSSR count). The van der Waals surface area contributed by atoms with Gasteiger partial charge in [0.2, 0.25) is 0 Å². The number of amides is 1. The highest BCUT2D eigenvalue weighted by Crippen LogP contribution is 2.07. The number of rotatable bonds is 5. The summed E-state index contributed by atoms with van der Waals surface area (Å²) < 4.78 is 7.32. The molecule has 0 aromatic heterocycles. The first kappa shape index (κ1) is 13.3. The van der Waals surface area contributed by atoms with E-state index in [9.17, 15) is 9.59 Å². The molecule has 2 N–H and O–H groups in total. The molecule has 0 aromatic carbocycles. The van der Waals surface area contributed by atoms with E-state index in [-0.39, 0.29) is 18.4 Å². The highest BCUT2D eigenvalue weighted by molar-refractivity contribution is 7.98. The van der Waals surface area contributed by atoms with E-state index in [4.69, 9.17) is 4.74 Å². The number of carbonyl (C=O) groups excluding carboxylic acids is 2. The van der Waals surface area contributed by atoms with Gasteiger partial charge in [0, 0.05) is 5.25 Å². The topological polar surface area (TPSA) is 67.4 Å². The van der Waals surface area contributed by atoms with Gasteiger partial charge in [0.15, 0.2) is 12.4 Å². The second-order valence-electron chi connectivity index (χ2n) is 3.96. The lowest BCUT2D eigenvalue weighted by Crippen LogP contribution is -2.35. The summed E-state index contributed by atoms with van der Waals surface area (Å²) in [5.41, 5.74) is 0. The Morgan fingerprint density at radius 2 is 2.31 bits per heavy atom. The average Bonchev–Trinajstić information content (AvgIpc) is 2.76. The predicted octanol–water partition coefficient (Wildman–Crippen LogP) is 1.09. The molecule has 0 saturated carbocycles. The first-order valence-electron chi connectivity index (χ1n) is 5.44. The van der Waals surface area contributed by atoms with Crippen LogP contribution in [0.2, 0.25) is 0 Å². The van der Waals surface area contributed by atoms with Crippen LogP contribution in [-0.2, 0) is 9.53 Å². The zero-order valence-electron chi connectivity index (χ0n) is 9.62. The molecular formula is C10H18N2O3S. The Balaban J connectivity index is 2.13. The van der Waals surface area contributed by atoms with Gasteiger partial charge in [-0.1, -0.05) is 13.8 Å². The predicted molar refractivity (Wildman–Crippen MR) is 63.2 cm³/mol. The Kier molecular flexibility index (Phi) is 5.62. The Bertz CT molecular complexity index is 252. The van der Waals surface area contributed by atoms with E-state index in [0.717, 1.165) is 19.4 Å². The molecule has 16 heavy (non-hydrogen) atoms. The zero-order chi connectivity index (χ0) is 12.0. The third-order valence-corrected chi connectivity index (χ3v) is 2.93. The van der Waals surface area contributed by atoms with Crippen molar-refractivity contribution in [1.29, 1.82) is 0 Å². The van der Waals surface area contributed by atoms with Crippen molar-refractivity contribution in [2.75, 3.05) is 13.2 Å². The van der Waals surface area contributed by atoms with Crippen LogP contribution in [0.5, 0.6) is 0 Å². The SMILES string of the molecule is CC(C)SNC(=O)OCC(=O)[C@@H]1CCCN1. The van der Waals surface area contributed by atoms with Crippen molar-refractivity contribution in [3.05, 3.63) is 0 Å². The van der Waals surface area contributed by atoms with Crippen molar-refractivity contribution in [1.82, 2.24) is 10.0 Å². The van der Waals surface area contributed by atoms with Crippen molar-refractivity contribution < 1.29 is 14.3 Å². The molecule has 1 aliphatic heterocycles. The summed E-state index contributed by atoms with van der Waals surface area (Å²) in [6.45, 7) is 4.63. The Morgan fingerprint density at radius 1 is 1.56 bits per heavy atom. The smallest absolute Gasteiger partial charge is 0.417 e. The maximum Gasteiger partial charge on any atom is 0.417 e. The molecule has 1 fully saturated rings. The molecule has 5 nitrogen and oxygen atoms in total. The third kappa shape index (κ3) is 4.85. The van der Waals surface area contributed by atoms with Gasteiger partial charge in [-0.25, -0.2) is 4.79 Å². The number of ether oxygens (including phenoxy) is 1. The van der Waals surface area contributed by atoms with Crippen LogP contribution in [0.15, 0.2) is 0 Å². The summed E-state index contributed by atoms with van der Waals surface area (Å²) in [4.78, 5) is 22.7. The first-order valence-corrected chi connectivity index (χ1v) is 6.32. The molecule has 0 bridgehead atoms. The monoisotopic (exact) mass is 246 g/mol. The number of nitrogens with one attached hydrogen (secondary N) is 2.